The predicted molar refractivity (Wildman–Crippen MR) is 81.7 cm³/mol. The molecule has 0 bridgehead atoms. The van der Waals surface area contributed by atoms with Crippen LogP contribution in [0.2, 0.25) is 0 Å². The van der Waals surface area contributed by atoms with Gasteiger partial charge in [-0.3, -0.25) is 0 Å². The minimum absolute atomic E-state index is 0.217. The van der Waals surface area contributed by atoms with Crippen LogP contribution in [0.4, 0.5) is 5.69 Å². The van der Waals surface area contributed by atoms with Crippen molar-refractivity contribution in [3.63, 3.8) is 0 Å². The van der Waals surface area contributed by atoms with Crippen LogP contribution in [0.1, 0.15) is 0 Å². The van der Waals surface area contributed by atoms with Crippen LogP contribution in [0.3, 0.4) is 0 Å². The number of anilines is 1. The van der Waals surface area contributed by atoms with Gasteiger partial charge in [-0.05, 0) is 30.4 Å². The quantitative estimate of drug-likeness (QED) is 0.636. The van der Waals surface area contributed by atoms with E-state index in [-0.39, 0.29) is 4.90 Å². The average Bonchev–Trinajstić information content (AvgIpc) is 2.36. The Morgan fingerprint density at radius 1 is 1.47 bits per heavy atom. The summed E-state index contributed by atoms with van der Waals surface area (Å²) < 4.78 is 25.1. The molecule has 0 radical (unpaired) electrons. The summed E-state index contributed by atoms with van der Waals surface area (Å²) >= 11 is 5.06. The molecule has 0 aliphatic rings. The second kappa shape index (κ2) is 6.65. The van der Waals surface area contributed by atoms with E-state index in [1.54, 1.807) is 24.3 Å². The summed E-state index contributed by atoms with van der Waals surface area (Å²) in [5.41, 5.74) is 0.615. The van der Waals surface area contributed by atoms with E-state index in [1.807, 2.05) is 0 Å². The van der Waals surface area contributed by atoms with E-state index >= 15 is 0 Å². The van der Waals surface area contributed by atoms with Gasteiger partial charge in [-0.2, -0.15) is 0 Å². The molecule has 19 heavy (non-hydrogen) atoms. The Kier molecular flexibility index (Phi) is 5.46. The van der Waals surface area contributed by atoms with E-state index in [2.05, 4.69) is 17.2 Å². The summed E-state index contributed by atoms with van der Waals surface area (Å²) in [6, 6.07) is 6.49. The van der Waals surface area contributed by atoms with E-state index in [9.17, 15) is 8.42 Å². The van der Waals surface area contributed by atoms with Crippen molar-refractivity contribution in [3.05, 3.63) is 36.9 Å². The van der Waals surface area contributed by atoms with Crippen LogP contribution >= 0.6 is 12.2 Å². The average molecular weight is 299 g/mol. The third kappa shape index (κ3) is 4.30. The summed E-state index contributed by atoms with van der Waals surface area (Å²) in [6.07, 6.45) is 1.68. The second-order valence-corrected chi connectivity index (χ2v) is 6.50. The lowest BCUT2D eigenvalue weighted by Crippen LogP contribution is -2.28. The molecule has 0 amide bonds. The highest BCUT2D eigenvalue weighted by molar-refractivity contribution is 7.89. The minimum atomic E-state index is -3.44. The molecule has 1 aromatic carbocycles. The van der Waals surface area contributed by atoms with Crippen LogP contribution in [-0.4, -0.2) is 38.5 Å². The van der Waals surface area contributed by atoms with Crippen molar-refractivity contribution in [2.24, 2.45) is 0 Å². The smallest absolute Gasteiger partial charge is 0.242 e. The zero-order valence-electron chi connectivity index (χ0n) is 10.9. The Balaban J connectivity index is 2.89. The van der Waals surface area contributed by atoms with Gasteiger partial charge in [-0.25, -0.2) is 12.7 Å². The first-order valence-corrected chi connectivity index (χ1v) is 7.41. The molecule has 0 heterocycles. The fourth-order valence-corrected chi connectivity index (χ4v) is 2.43. The van der Waals surface area contributed by atoms with Crippen molar-refractivity contribution in [2.45, 2.75) is 4.90 Å². The number of rotatable bonds is 5. The van der Waals surface area contributed by atoms with E-state index in [0.717, 1.165) is 0 Å². The Bertz CT molecular complexity index is 568. The van der Waals surface area contributed by atoms with E-state index < -0.39 is 10.0 Å². The molecule has 0 unspecified atom stereocenters. The van der Waals surface area contributed by atoms with Crippen molar-refractivity contribution < 1.29 is 8.42 Å². The molecule has 0 fully saturated rings. The lowest BCUT2D eigenvalue weighted by Gasteiger charge is -2.13. The van der Waals surface area contributed by atoms with E-state index in [1.165, 1.54) is 24.5 Å². The summed E-state index contributed by atoms with van der Waals surface area (Å²) in [5.74, 6) is 0. The van der Waals surface area contributed by atoms with Gasteiger partial charge in [-0.1, -0.05) is 12.1 Å². The van der Waals surface area contributed by atoms with Gasteiger partial charge in [0.15, 0.2) is 5.11 Å². The summed E-state index contributed by atoms with van der Waals surface area (Å²) in [5, 5.41) is 6.24. The molecule has 1 aromatic rings. The largest absolute Gasteiger partial charge is 0.359 e. The monoisotopic (exact) mass is 299 g/mol. The van der Waals surface area contributed by atoms with Gasteiger partial charge in [0.05, 0.1) is 4.90 Å². The first kappa shape index (κ1) is 15.6. The number of thiocarbonyl (C=S) groups is 1. The molecule has 0 spiro atoms. The lowest BCUT2D eigenvalue weighted by molar-refractivity contribution is 0.521. The highest BCUT2D eigenvalue weighted by Crippen LogP contribution is 2.17. The van der Waals surface area contributed by atoms with Gasteiger partial charge in [0, 0.05) is 26.3 Å². The molecule has 0 aliphatic heterocycles. The number of benzene rings is 1. The molecular formula is C12H17N3O2S2. The fourth-order valence-electron chi connectivity index (χ4n) is 1.29. The van der Waals surface area contributed by atoms with Crippen LogP contribution in [0.5, 0.6) is 0 Å². The minimum Gasteiger partial charge on any atom is -0.359 e. The molecule has 0 aliphatic carbocycles. The van der Waals surface area contributed by atoms with Gasteiger partial charge >= 0.3 is 0 Å². The van der Waals surface area contributed by atoms with Gasteiger partial charge < -0.3 is 10.6 Å². The number of hydrogen-bond acceptors (Lipinski definition) is 3. The van der Waals surface area contributed by atoms with Gasteiger partial charge in [-0.15, -0.1) is 6.58 Å². The van der Waals surface area contributed by atoms with E-state index in [4.69, 9.17) is 12.2 Å². The van der Waals surface area contributed by atoms with Crippen LogP contribution in [0.25, 0.3) is 0 Å². The third-order valence-electron chi connectivity index (χ3n) is 2.28. The maximum Gasteiger partial charge on any atom is 0.242 e. The van der Waals surface area contributed by atoms with Gasteiger partial charge in [0.2, 0.25) is 10.0 Å². The summed E-state index contributed by atoms with van der Waals surface area (Å²) in [4.78, 5) is 0.217. The summed E-state index contributed by atoms with van der Waals surface area (Å²) in [7, 11) is -0.455. The molecule has 0 aromatic heterocycles. The maximum absolute atomic E-state index is 12.0. The molecule has 104 valence electrons. The highest BCUT2D eigenvalue weighted by Gasteiger charge is 2.17. The number of hydrogen-bond donors (Lipinski definition) is 2. The van der Waals surface area contributed by atoms with Crippen molar-refractivity contribution in [2.75, 3.05) is 26.0 Å². The lowest BCUT2D eigenvalue weighted by atomic mass is 10.3. The zero-order valence-corrected chi connectivity index (χ0v) is 12.5. The molecule has 0 saturated carbocycles. The number of nitrogens with zero attached hydrogens (tertiary/aromatic N) is 1. The number of sulfonamides is 1. The fraction of sp³-hybridized carbons (Fsp3) is 0.250. The van der Waals surface area contributed by atoms with Crippen molar-refractivity contribution in [1.82, 2.24) is 9.62 Å². The Labute approximate surface area is 119 Å². The standard InChI is InChI=1S/C12H17N3O2S2/c1-4-8-13-12(18)14-10-6-5-7-11(9-10)19(16,17)15(2)3/h4-7,9H,1,8H2,2-3H3,(H2,13,14,18). The molecule has 0 saturated heterocycles. The van der Waals surface area contributed by atoms with Crippen molar-refractivity contribution >= 4 is 33.0 Å². The Morgan fingerprint density at radius 2 is 2.16 bits per heavy atom. The first-order chi connectivity index (χ1) is 8.87. The summed E-state index contributed by atoms with van der Waals surface area (Å²) in [6.45, 7) is 4.11. The van der Waals surface area contributed by atoms with Crippen LogP contribution < -0.4 is 10.6 Å². The van der Waals surface area contributed by atoms with Crippen molar-refractivity contribution in [1.29, 1.82) is 0 Å². The Morgan fingerprint density at radius 3 is 2.74 bits per heavy atom. The van der Waals surface area contributed by atoms with Gasteiger partial charge in [0.25, 0.3) is 0 Å². The topological polar surface area (TPSA) is 61.4 Å². The maximum atomic E-state index is 12.0. The first-order valence-electron chi connectivity index (χ1n) is 5.56. The molecule has 0 atom stereocenters. The molecule has 2 N–H and O–H groups in total. The Hall–Kier alpha value is -1.44. The predicted octanol–water partition coefficient (Wildman–Crippen LogP) is 1.41. The SMILES string of the molecule is C=CCNC(=S)Nc1cccc(S(=O)(=O)N(C)C)c1. The van der Waals surface area contributed by atoms with Gasteiger partial charge in [0.1, 0.15) is 0 Å². The molecule has 7 heteroatoms. The van der Waals surface area contributed by atoms with Crippen molar-refractivity contribution in [3.8, 4) is 0 Å². The third-order valence-corrected chi connectivity index (χ3v) is 4.33. The second-order valence-electron chi connectivity index (χ2n) is 3.94. The highest BCUT2D eigenvalue weighted by atomic mass is 32.2. The van der Waals surface area contributed by atoms with Crippen LogP contribution in [-0.2, 0) is 10.0 Å². The van der Waals surface area contributed by atoms with Crippen LogP contribution in [0, 0.1) is 0 Å². The molecular weight excluding hydrogens is 282 g/mol. The molecule has 1 rings (SSSR count). The number of nitrogens with one attached hydrogen (secondary N) is 2. The molecule has 5 nitrogen and oxygen atoms in total. The van der Waals surface area contributed by atoms with Crippen LogP contribution in [0.15, 0.2) is 41.8 Å². The normalized spacial score (nSPS) is 11.1. The van der Waals surface area contributed by atoms with E-state index in [0.29, 0.717) is 17.3 Å². The zero-order chi connectivity index (χ0) is 14.5.